The van der Waals surface area contributed by atoms with E-state index in [1.54, 1.807) is 12.5 Å². The van der Waals surface area contributed by atoms with Crippen LogP contribution in [0.15, 0.2) is 49.1 Å². The molecule has 1 amide bonds. The maximum atomic E-state index is 12.2. The van der Waals surface area contributed by atoms with Crippen molar-refractivity contribution in [1.82, 2.24) is 14.9 Å². The predicted molar refractivity (Wildman–Crippen MR) is 89.7 cm³/mol. The minimum atomic E-state index is -0.0963. The molecule has 1 unspecified atom stereocenters. The number of ether oxygens (including phenoxy) is 1. The van der Waals surface area contributed by atoms with Crippen LogP contribution in [0.25, 0.3) is 0 Å². The quantitative estimate of drug-likeness (QED) is 0.854. The second-order valence-electron chi connectivity index (χ2n) is 6.72. The molecule has 0 fully saturated rings. The number of amides is 1. The summed E-state index contributed by atoms with van der Waals surface area (Å²) in [5, 5.41) is 3.07. The van der Waals surface area contributed by atoms with E-state index in [9.17, 15) is 4.79 Å². The lowest BCUT2D eigenvalue weighted by Gasteiger charge is -2.31. The Kier molecular flexibility index (Phi) is 5.93. The van der Waals surface area contributed by atoms with Crippen LogP contribution in [-0.2, 0) is 22.7 Å². The van der Waals surface area contributed by atoms with Gasteiger partial charge in [0.15, 0.2) is 0 Å². The molecule has 1 atom stereocenters. The average Bonchev–Trinajstić information content (AvgIpc) is 3.00. The number of nitrogens with one attached hydrogen (secondary N) is 1. The van der Waals surface area contributed by atoms with Gasteiger partial charge in [0.2, 0.25) is 5.91 Å². The molecule has 0 aliphatic heterocycles. The zero-order chi connectivity index (χ0) is 16.7. The van der Waals surface area contributed by atoms with Crippen molar-refractivity contribution in [2.24, 2.45) is 5.41 Å². The van der Waals surface area contributed by atoms with Crippen molar-refractivity contribution in [1.29, 1.82) is 0 Å². The van der Waals surface area contributed by atoms with Gasteiger partial charge in [-0.1, -0.05) is 51.1 Å². The van der Waals surface area contributed by atoms with Gasteiger partial charge in [-0.3, -0.25) is 4.79 Å². The standard InChI is InChI=1S/C18H25N3O2/c1-18(2,3)16(11-21-10-9-19-14-21)20-17(22)13-23-12-15-7-5-4-6-8-15/h4-10,14,16H,11-13H2,1-3H3,(H,20,22). The molecule has 0 saturated heterocycles. The van der Waals surface area contributed by atoms with Crippen molar-refractivity contribution in [3.63, 3.8) is 0 Å². The number of benzene rings is 1. The maximum Gasteiger partial charge on any atom is 0.246 e. The number of hydrogen-bond acceptors (Lipinski definition) is 3. The summed E-state index contributed by atoms with van der Waals surface area (Å²) in [6, 6.07) is 9.84. The summed E-state index contributed by atoms with van der Waals surface area (Å²) in [4.78, 5) is 16.2. The Bertz CT molecular complexity index is 588. The van der Waals surface area contributed by atoms with Gasteiger partial charge in [-0.2, -0.15) is 0 Å². The summed E-state index contributed by atoms with van der Waals surface area (Å²) in [5.41, 5.74) is 1.01. The molecule has 2 aromatic rings. The third-order valence-corrected chi connectivity index (χ3v) is 3.68. The first-order chi connectivity index (χ1) is 10.9. The molecule has 1 aromatic heterocycles. The molecule has 0 saturated carbocycles. The number of aromatic nitrogens is 2. The Morgan fingerprint density at radius 2 is 2.04 bits per heavy atom. The molecule has 124 valence electrons. The summed E-state index contributed by atoms with van der Waals surface area (Å²) in [6.45, 7) is 7.52. The number of rotatable bonds is 7. The zero-order valence-corrected chi connectivity index (χ0v) is 14.0. The molecular weight excluding hydrogens is 290 g/mol. The Morgan fingerprint density at radius 1 is 1.30 bits per heavy atom. The predicted octanol–water partition coefficient (Wildman–Crippen LogP) is 2.63. The molecule has 0 spiro atoms. The lowest BCUT2D eigenvalue weighted by molar-refractivity contribution is -0.127. The van der Waals surface area contributed by atoms with Crippen LogP contribution in [0.5, 0.6) is 0 Å². The minimum absolute atomic E-state index is 0.00419. The highest BCUT2D eigenvalue weighted by molar-refractivity contribution is 5.77. The number of nitrogens with zero attached hydrogens (tertiary/aromatic N) is 2. The van der Waals surface area contributed by atoms with E-state index < -0.39 is 0 Å². The van der Waals surface area contributed by atoms with Crippen LogP contribution >= 0.6 is 0 Å². The van der Waals surface area contributed by atoms with Crippen molar-refractivity contribution in [2.45, 2.75) is 40.0 Å². The van der Waals surface area contributed by atoms with Crippen LogP contribution in [0.4, 0.5) is 0 Å². The number of hydrogen-bond donors (Lipinski definition) is 1. The fourth-order valence-corrected chi connectivity index (χ4v) is 2.21. The first-order valence-corrected chi connectivity index (χ1v) is 7.82. The molecular formula is C18H25N3O2. The second kappa shape index (κ2) is 7.92. The van der Waals surface area contributed by atoms with Crippen LogP contribution in [0.1, 0.15) is 26.3 Å². The fraction of sp³-hybridized carbons (Fsp3) is 0.444. The minimum Gasteiger partial charge on any atom is -0.367 e. The molecule has 1 N–H and O–H groups in total. The summed E-state index contributed by atoms with van der Waals surface area (Å²) >= 11 is 0. The summed E-state index contributed by atoms with van der Waals surface area (Å²) in [7, 11) is 0. The van der Waals surface area contributed by atoms with E-state index in [1.165, 1.54) is 0 Å². The smallest absolute Gasteiger partial charge is 0.246 e. The van der Waals surface area contributed by atoms with E-state index in [1.807, 2.05) is 41.1 Å². The summed E-state index contributed by atoms with van der Waals surface area (Å²) in [6.07, 6.45) is 5.40. The molecule has 1 aromatic carbocycles. The van der Waals surface area contributed by atoms with Gasteiger partial charge in [0, 0.05) is 18.9 Å². The van der Waals surface area contributed by atoms with E-state index in [2.05, 4.69) is 31.1 Å². The molecule has 5 heteroatoms. The maximum absolute atomic E-state index is 12.2. The Labute approximate surface area is 137 Å². The van der Waals surface area contributed by atoms with Crippen molar-refractivity contribution in [3.8, 4) is 0 Å². The van der Waals surface area contributed by atoms with E-state index >= 15 is 0 Å². The van der Waals surface area contributed by atoms with Crippen LogP contribution in [0.3, 0.4) is 0 Å². The summed E-state index contributed by atoms with van der Waals surface area (Å²) in [5.74, 6) is -0.0963. The molecule has 0 aliphatic rings. The zero-order valence-electron chi connectivity index (χ0n) is 14.0. The third kappa shape index (κ3) is 5.87. The largest absolute Gasteiger partial charge is 0.367 e. The van der Waals surface area contributed by atoms with Crippen LogP contribution in [0, 0.1) is 5.41 Å². The third-order valence-electron chi connectivity index (χ3n) is 3.68. The van der Waals surface area contributed by atoms with E-state index in [4.69, 9.17) is 4.74 Å². The molecule has 0 bridgehead atoms. The molecule has 0 radical (unpaired) electrons. The van der Waals surface area contributed by atoms with Crippen molar-refractivity contribution < 1.29 is 9.53 Å². The highest BCUT2D eigenvalue weighted by Crippen LogP contribution is 2.20. The number of carbonyl (C=O) groups is 1. The van der Waals surface area contributed by atoms with E-state index in [-0.39, 0.29) is 24.0 Å². The normalized spacial score (nSPS) is 12.8. The SMILES string of the molecule is CC(C)(C)C(Cn1ccnc1)NC(=O)COCc1ccccc1. The topological polar surface area (TPSA) is 56.2 Å². The van der Waals surface area contributed by atoms with Gasteiger partial charge in [-0.25, -0.2) is 4.98 Å². The number of imidazole rings is 1. The van der Waals surface area contributed by atoms with Gasteiger partial charge >= 0.3 is 0 Å². The van der Waals surface area contributed by atoms with Gasteiger partial charge < -0.3 is 14.6 Å². The van der Waals surface area contributed by atoms with Crippen molar-refractivity contribution in [2.75, 3.05) is 6.61 Å². The van der Waals surface area contributed by atoms with Crippen molar-refractivity contribution in [3.05, 3.63) is 54.6 Å². The van der Waals surface area contributed by atoms with Crippen LogP contribution < -0.4 is 5.32 Å². The first kappa shape index (κ1) is 17.2. The Balaban J connectivity index is 1.82. The fourth-order valence-electron chi connectivity index (χ4n) is 2.21. The average molecular weight is 315 g/mol. The molecule has 0 aliphatic carbocycles. The highest BCUT2D eigenvalue weighted by Gasteiger charge is 2.26. The van der Waals surface area contributed by atoms with Gasteiger partial charge in [-0.15, -0.1) is 0 Å². The lowest BCUT2D eigenvalue weighted by Crippen LogP contribution is -2.47. The monoisotopic (exact) mass is 315 g/mol. The first-order valence-electron chi connectivity index (χ1n) is 7.82. The van der Waals surface area contributed by atoms with Gasteiger partial charge in [-0.05, 0) is 11.0 Å². The summed E-state index contributed by atoms with van der Waals surface area (Å²) < 4.78 is 7.47. The second-order valence-corrected chi connectivity index (χ2v) is 6.72. The molecule has 23 heavy (non-hydrogen) atoms. The van der Waals surface area contributed by atoms with E-state index in [0.717, 1.165) is 5.56 Å². The van der Waals surface area contributed by atoms with E-state index in [0.29, 0.717) is 13.2 Å². The number of carbonyl (C=O) groups excluding carboxylic acids is 1. The molecule has 2 rings (SSSR count). The lowest BCUT2D eigenvalue weighted by atomic mass is 9.86. The Hall–Kier alpha value is -2.14. The highest BCUT2D eigenvalue weighted by atomic mass is 16.5. The van der Waals surface area contributed by atoms with Crippen molar-refractivity contribution >= 4 is 5.91 Å². The van der Waals surface area contributed by atoms with Gasteiger partial charge in [0.1, 0.15) is 6.61 Å². The van der Waals surface area contributed by atoms with Crippen LogP contribution in [0.2, 0.25) is 0 Å². The Morgan fingerprint density at radius 3 is 2.65 bits per heavy atom. The molecule has 1 heterocycles. The van der Waals surface area contributed by atoms with Crippen LogP contribution in [-0.4, -0.2) is 28.1 Å². The van der Waals surface area contributed by atoms with Gasteiger partial charge in [0.05, 0.1) is 19.0 Å². The van der Waals surface area contributed by atoms with Gasteiger partial charge in [0.25, 0.3) is 0 Å². The molecule has 5 nitrogen and oxygen atoms in total.